The number of benzene rings is 2. The van der Waals surface area contributed by atoms with Gasteiger partial charge in [-0.15, -0.1) is 0 Å². The largest absolute Gasteiger partial charge is 0.496 e. The molecule has 0 atom stereocenters. The minimum atomic E-state index is -0.465. The molecule has 0 radical (unpaired) electrons. The molecule has 0 unspecified atom stereocenters. The highest BCUT2D eigenvalue weighted by atomic mass is 19.1. The van der Waals surface area contributed by atoms with Crippen LogP contribution in [-0.2, 0) is 11.2 Å². The number of carbonyl (C=O) groups is 2. The number of carbonyl (C=O) groups excluding carboxylic acids is 2. The van der Waals surface area contributed by atoms with Crippen LogP contribution in [0.3, 0.4) is 0 Å². The van der Waals surface area contributed by atoms with E-state index in [1.54, 1.807) is 30.3 Å². The highest BCUT2D eigenvalue weighted by Gasteiger charge is 2.18. The summed E-state index contributed by atoms with van der Waals surface area (Å²) in [5, 5.41) is 5.24. The Hall–Kier alpha value is -3.09. The van der Waals surface area contributed by atoms with Crippen molar-refractivity contribution in [1.82, 2.24) is 10.6 Å². The van der Waals surface area contributed by atoms with Crippen LogP contribution in [0.5, 0.6) is 11.5 Å². The number of hydrogen-bond donors (Lipinski definition) is 2. The van der Waals surface area contributed by atoms with Crippen molar-refractivity contribution in [1.29, 1.82) is 0 Å². The SMILES string of the molecule is COc1cccc(OC)c1C(=O)NCC(=O)NCCc1ccc(F)cc1. The Kier molecular flexibility index (Phi) is 6.96. The van der Waals surface area contributed by atoms with E-state index in [0.717, 1.165) is 5.56 Å². The van der Waals surface area contributed by atoms with Gasteiger partial charge in [-0.3, -0.25) is 9.59 Å². The first-order chi connectivity index (χ1) is 12.5. The fraction of sp³-hybridized carbons (Fsp3) is 0.263. The molecule has 0 bridgehead atoms. The molecule has 7 heteroatoms. The summed E-state index contributed by atoms with van der Waals surface area (Å²) < 4.78 is 23.2. The van der Waals surface area contributed by atoms with Gasteiger partial charge in [0.1, 0.15) is 22.9 Å². The average Bonchev–Trinajstić information content (AvgIpc) is 2.66. The predicted molar refractivity (Wildman–Crippen MR) is 95.0 cm³/mol. The molecule has 138 valence electrons. The monoisotopic (exact) mass is 360 g/mol. The lowest BCUT2D eigenvalue weighted by Crippen LogP contribution is -2.37. The number of amides is 2. The van der Waals surface area contributed by atoms with E-state index in [0.29, 0.717) is 24.5 Å². The van der Waals surface area contributed by atoms with Crippen molar-refractivity contribution in [3.05, 3.63) is 59.4 Å². The summed E-state index contributed by atoms with van der Waals surface area (Å²) in [6, 6.07) is 11.1. The molecule has 2 rings (SSSR count). The first kappa shape index (κ1) is 19.2. The van der Waals surface area contributed by atoms with Gasteiger partial charge < -0.3 is 20.1 Å². The van der Waals surface area contributed by atoms with E-state index in [1.807, 2.05) is 0 Å². The van der Waals surface area contributed by atoms with Crippen molar-refractivity contribution >= 4 is 11.8 Å². The number of hydrogen-bond acceptors (Lipinski definition) is 4. The Morgan fingerprint density at radius 2 is 1.58 bits per heavy atom. The third-order valence-electron chi connectivity index (χ3n) is 3.71. The lowest BCUT2D eigenvalue weighted by Gasteiger charge is -2.13. The maximum Gasteiger partial charge on any atom is 0.259 e. The van der Waals surface area contributed by atoms with Gasteiger partial charge in [-0.05, 0) is 36.2 Å². The van der Waals surface area contributed by atoms with Gasteiger partial charge in [0.25, 0.3) is 5.91 Å². The van der Waals surface area contributed by atoms with Crippen molar-refractivity contribution in [3.63, 3.8) is 0 Å². The predicted octanol–water partition coefficient (Wildman–Crippen LogP) is 1.93. The van der Waals surface area contributed by atoms with Crippen LogP contribution < -0.4 is 20.1 Å². The molecule has 0 aliphatic rings. The zero-order chi connectivity index (χ0) is 18.9. The summed E-state index contributed by atoms with van der Waals surface area (Å²) in [6.07, 6.45) is 0.570. The molecule has 26 heavy (non-hydrogen) atoms. The lowest BCUT2D eigenvalue weighted by atomic mass is 10.1. The average molecular weight is 360 g/mol. The van der Waals surface area contributed by atoms with Crippen molar-refractivity contribution in [2.45, 2.75) is 6.42 Å². The Morgan fingerprint density at radius 3 is 2.15 bits per heavy atom. The quantitative estimate of drug-likeness (QED) is 0.754. The summed E-state index contributed by atoms with van der Waals surface area (Å²) >= 11 is 0. The molecule has 0 spiro atoms. The van der Waals surface area contributed by atoms with Gasteiger partial charge in [0.2, 0.25) is 5.91 Å². The second-order valence-corrected chi connectivity index (χ2v) is 5.45. The van der Waals surface area contributed by atoms with Crippen LogP contribution in [0.2, 0.25) is 0 Å². The molecule has 0 saturated heterocycles. The normalized spacial score (nSPS) is 10.1. The van der Waals surface area contributed by atoms with Gasteiger partial charge in [0, 0.05) is 6.54 Å². The zero-order valence-electron chi connectivity index (χ0n) is 14.7. The third-order valence-corrected chi connectivity index (χ3v) is 3.71. The van der Waals surface area contributed by atoms with Gasteiger partial charge in [-0.25, -0.2) is 4.39 Å². The van der Waals surface area contributed by atoms with Crippen molar-refractivity contribution in [2.75, 3.05) is 27.3 Å². The van der Waals surface area contributed by atoms with Crippen LogP contribution in [-0.4, -0.2) is 39.1 Å². The second-order valence-electron chi connectivity index (χ2n) is 5.45. The Bertz CT molecular complexity index is 740. The summed E-state index contributed by atoms with van der Waals surface area (Å²) in [6.45, 7) is 0.210. The molecule has 2 amide bonds. The molecule has 0 saturated carbocycles. The molecule has 0 aliphatic carbocycles. The van der Waals surface area contributed by atoms with E-state index < -0.39 is 5.91 Å². The fourth-order valence-corrected chi connectivity index (χ4v) is 2.38. The lowest BCUT2D eigenvalue weighted by molar-refractivity contribution is -0.120. The van der Waals surface area contributed by atoms with Crippen LogP contribution >= 0.6 is 0 Å². The van der Waals surface area contributed by atoms with Gasteiger partial charge in [-0.2, -0.15) is 0 Å². The summed E-state index contributed by atoms with van der Waals surface area (Å²) in [7, 11) is 2.90. The molecule has 2 N–H and O–H groups in total. The number of methoxy groups -OCH3 is 2. The van der Waals surface area contributed by atoms with E-state index >= 15 is 0 Å². The van der Waals surface area contributed by atoms with Crippen LogP contribution in [0.25, 0.3) is 0 Å². The molecule has 0 aromatic heterocycles. The maximum atomic E-state index is 12.8. The molecule has 0 heterocycles. The smallest absolute Gasteiger partial charge is 0.259 e. The first-order valence-corrected chi connectivity index (χ1v) is 8.05. The Balaban J connectivity index is 1.83. The fourth-order valence-electron chi connectivity index (χ4n) is 2.38. The van der Waals surface area contributed by atoms with E-state index in [2.05, 4.69) is 10.6 Å². The molecule has 0 aliphatic heterocycles. The van der Waals surface area contributed by atoms with Gasteiger partial charge in [0.15, 0.2) is 0 Å². The molecular formula is C19H21FN2O4. The Labute approximate surface area is 151 Å². The highest BCUT2D eigenvalue weighted by molar-refractivity contribution is 6.01. The topological polar surface area (TPSA) is 76.7 Å². The Morgan fingerprint density at radius 1 is 0.962 bits per heavy atom. The third kappa shape index (κ3) is 5.20. The van der Waals surface area contributed by atoms with Crippen molar-refractivity contribution in [2.24, 2.45) is 0 Å². The number of nitrogens with one attached hydrogen (secondary N) is 2. The standard InChI is InChI=1S/C19H21FN2O4/c1-25-15-4-3-5-16(26-2)18(15)19(24)22-12-17(23)21-11-10-13-6-8-14(20)9-7-13/h3-9H,10-12H2,1-2H3,(H,21,23)(H,22,24). The summed E-state index contributed by atoms with van der Waals surface area (Å²) in [5.41, 5.74) is 1.14. The van der Waals surface area contributed by atoms with E-state index in [9.17, 15) is 14.0 Å². The van der Waals surface area contributed by atoms with Gasteiger partial charge in [-0.1, -0.05) is 18.2 Å². The molecule has 2 aromatic rings. The second kappa shape index (κ2) is 9.41. The van der Waals surface area contributed by atoms with Gasteiger partial charge >= 0.3 is 0 Å². The summed E-state index contributed by atoms with van der Waals surface area (Å²) in [4.78, 5) is 24.2. The number of rotatable bonds is 8. The minimum absolute atomic E-state index is 0.177. The maximum absolute atomic E-state index is 12.8. The van der Waals surface area contributed by atoms with Crippen LogP contribution in [0.15, 0.2) is 42.5 Å². The van der Waals surface area contributed by atoms with E-state index in [4.69, 9.17) is 9.47 Å². The minimum Gasteiger partial charge on any atom is -0.496 e. The first-order valence-electron chi connectivity index (χ1n) is 8.05. The van der Waals surface area contributed by atoms with Gasteiger partial charge in [0.05, 0.1) is 20.8 Å². The van der Waals surface area contributed by atoms with E-state index in [1.165, 1.54) is 26.4 Å². The molecule has 0 fully saturated rings. The van der Waals surface area contributed by atoms with Crippen LogP contribution in [0.1, 0.15) is 15.9 Å². The molecule has 2 aromatic carbocycles. The zero-order valence-corrected chi connectivity index (χ0v) is 14.7. The van der Waals surface area contributed by atoms with Crippen molar-refractivity contribution in [3.8, 4) is 11.5 Å². The van der Waals surface area contributed by atoms with Crippen LogP contribution in [0.4, 0.5) is 4.39 Å². The van der Waals surface area contributed by atoms with Crippen LogP contribution in [0, 0.1) is 5.82 Å². The number of ether oxygens (including phenoxy) is 2. The molecule has 6 nitrogen and oxygen atoms in total. The summed E-state index contributed by atoms with van der Waals surface area (Å²) in [5.74, 6) is -0.369. The van der Waals surface area contributed by atoms with E-state index in [-0.39, 0.29) is 23.8 Å². The highest BCUT2D eigenvalue weighted by Crippen LogP contribution is 2.27. The number of halogens is 1. The van der Waals surface area contributed by atoms with Crippen molar-refractivity contribution < 1.29 is 23.5 Å². The molecular weight excluding hydrogens is 339 g/mol.